The normalized spacial score (nSPS) is 9.42. The van der Waals surface area contributed by atoms with Gasteiger partial charge in [0, 0.05) is 6.20 Å². The lowest BCUT2D eigenvalue weighted by atomic mass is 10.1. The molecule has 1 heterocycles. The smallest absolute Gasteiger partial charge is 0.212 e. The molecule has 3 nitrogen and oxygen atoms in total. The molecule has 0 saturated heterocycles. The topological polar surface area (TPSA) is 42.0 Å². The maximum absolute atomic E-state index is 10.2. The van der Waals surface area contributed by atoms with Crippen LogP contribution < -0.4 is 5.32 Å². The van der Waals surface area contributed by atoms with Crippen LogP contribution in [0.4, 0.5) is 5.82 Å². The number of rotatable bonds is 4. The molecule has 3 heteroatoms. The lowest BCUT2D eigenvalue weighted by Gasteiger charge is -2.04. The number of carbonyl (C=O) groups excluding carboxylic acids is 1. The van der Waals surface area contributed by atoms with Crippen LogP contribution in [0.15, 0.2) is 18.3 Å². The van der Waals surface area contributed by atoms with Gasteiger partial charge in [-0.1, -0.05) is 19.4 Å². The first-order valence-electron chi connectivity index (χ1n) is 4.02. The van der Waals surface area contributed by atoms with E-state index in [2.05, 4.69) is 17.2 Å². The van der Waals surface area contributed by atoms with Gasteiger partial charge in [0.05, 0.1) is 0 Å². The van der Waals surface area contributed by atoms with Gasteiger partial charge < -0.3 is 5.32 Å². The van der Waals surface area contributed by atoms with Crippen molar-refractivity contribution in [3.8, 4) is 0 Å². The van der Waals surface area contributed by atoms with E-state index in [4.69, 9.17) is 0 Å². The number of nitrogens with zero attached hydrogens (tertiary/aromatic N) is 1. The third-order valence-electron chi connectivity index (χ3n) is 1.61. The fourth-order valence-electron chi connectivity index (χ4n) is 1.10. The van der Waals surface area contributed by atoms with Crippen molar-refractivity contribution in [1.29, 1.82) is 0 Å². The highest BCUT2D eigenvalue weighted by Crippen LogP contribution is 2.11. The highest BCUT2D eigenvalue weighted by atomic mass is 16.1. The van der Waals surface area contributed by atoms with E-state index in [0.29, 0.717) is 12.2 Å². The summed E-state index contributed by atoms with van der Waals surface area (Å²) in [7, 11) is 0. The van der Waals surface area contributed by atoms with Gasteiger partial charge in [-0.25, -0.2) is 4.98 Å². The average molecular weight is 164 g/mol. The Morgan fingerprint density at radius 2 is 2.50 bits per heavy atom. The highest BCUT2D eigenvalue weighted by Gasteiger charge is 1.99. The van der Waals surface area contributed by atoms with E-state index in [9.17, 15) is 4.79 Å². The fourth-order valence-corrected chi connectivity index (χ4v) is 1.10. The lowest BCUT2D eigenvalue weighted by molar-refractivity contribution is -0.105. The number of aryl methyl sites for hydroxylation is 1. The number of pyridine rings is 1. The second-order valence-corrected chi connectivity index (χ2v) is 2.52. The Morgan fingerprint density at radius 1 is 1.67 bits per heavy atom. The third kappa shape index (κ3) is 2.05. The number of nitrogens with one attached hydrogen (secondary N) is 1. The van der Waals surface area contributed by atoms with Crippen molar-refractivity contribution in [2.45, 2.75) is 19.8 Å². The van der Waals surface area contributed by atoms with Crippen molar-refractivity contribution < 1.29 is 4.79 Å². The van der Waals surface area contributed by atoms with Crippen LogP contribution in [0.2, 0.25) is 0 Å². The molecule has 1 N–H and O–H groups in total. The van der Waals surface area contributed by atoms with Crippen LogP contribution in [0.25, 0.3) is 0 Å². The maximum atomic E-state index is 10.2. The second-order valence-electron chi connectivity index (χ2n) is 2.52. The fraction of sp³-hybridized carbons (Fsp3) is 0.333. The minimum Gasteiger partial charge on any atom is -0.313 e. The molecule has 12 heavy (non-hydrogen) atoms. The highest BCUT2D eigenvalue weighted by molar-refractivity contribution is 5.70. The molecule has 0 unspecified atom stereocenters. The molecule has 0 spiro atoms. The average Bonchev–Trinajstić information content (AvgIpc) is 2.09. The molecule has 64 valence electrons. The van der Waals surface area contributed by atoms with Gasteiger partial charge in [0.1, 0.15) is 5.82 Å². The van der Waals surface area contributed by atoms with E-state index in [1.165, 1.54) is 0 Å². The number of anilines is 1. The van der Waals surface area contributed by atoms with Crippen LogP contribution in [0.1, 0.15) is 18.9 Å². The molecule has 0 radical (unpaired) electrons. The number of aromatic nitrogens is 1. The van der Waals surface area contributed by atoms with Gasteiger partial charge in [0.2, 0.25) is 6.41 Å². The van der Waals surface area contributed by atoms with Crippen LogP contribution in [0, 0.1) is 0 Å². The largest absolute Gasteiger partial charge is 0.313 e. The van der Waals surface area contributed by atoms with Crippen molar-refractivity contribution in [2.24, 2.45) is 0 Å². The predicted molar refractivity (Wildman–Crippen MR) is 47.9 cm³/mol. The molecule has 0 saturated carbocycles. The predicted octanol–water partition coefficient (Wildman–Crippen LogP) is 1.60. The minimum absolute atomic E-state index is 0.654. The van der Waals surface area contributed by atoms with E-state index in [1.807, 2.05) is 12.1 Å². The summed E-state index contributed by atoms with van der Waals surface area (Å²) in [6.45, 7) is 2.09. The molecule has 0 fully saturated rings. The zero-order chi connectivity index (χ0) is 8.81. The van der Waals surface area contributed by atoms with Crippen LogP contribution in [0.5, 0.6) is 0 Å². The van der Waals surface area contributed by atoms with Crippen LogP contribution in [-0.2, 0) is 11.2 Å². The summed E-state index contributed by atoms with van der Waals surface area (Å²) in [6, 6.07) is 3.85. The Hall–Kier alpha value is -1.38. The number of carbonyl (C=O) groups is 1. The SMILES string of the molecule is CCCc1cccnc1NC=O. The Kier molecular flexibility index (Phi) is 3.26. The minimum atomic E-state index is 0.654. The van der Waals surface area contributed by atoms with E-state index >= 15 is 0 Å². The van der Waals surface area contributed by atoms with Crippen LogP contribution in [0.3, 0.4) is 0 Å². The Bertz CT molecular complexity index is 260. The van der Waals surface area contributed by atoms with E-state index < -0.39 is 0 Å². The number of hydrogen-bond donors (Lipinski definition) is 1. The quantitative estimate of drug-likeness (QED) is 0.687. The first-order chi connectivity index (χ1) is 5.88. The Morgan fingerprint density at radius 3 is 3.17 bits per heavy atom. The van der Waals surface area contributed by atoms with Crippen molar-refractivity contribution in [3.63, 3.8) is 0 Å². The Labute approximate surface area is 71.8 Å². The number of amides is 1. The van der Waals surface area contributed by atoms with Crippen molar-refractivity contribution in [1.82, 2.24) is 4.98 Å². The number of hydrogen-bond acceptors (Lipinski definition) is 2. The summed E-state index contributed by atoms with van der Waals surface area (Å²) in [6.07, 6.45) is 4.33. The molecule has 0 aliphatic carbocycles. The van der Waals surface area contributed by atoms with Gasteiger partial charge in [-0.05, 0) is 18.1 Å². The Balaban J connectivity index is 2.83. The summed E-state index contributed by atoms with van der Waals surface area (Å²) < 4.78 is 0. The maximum Gasteiger partial charge on any atom is 0.212 e. The van der Waals surface area contributed by atoms with Crippen LogP contribution in [-0.4, -0.2) is 11.4 Å². The summed E-state index contributed by atoms with van der Waals surface area (Å²) >= 11 is 0. The first kappa shape index (κ1) is 8.71. The molecule has 1 rings (SSSR count). The molecule has 0 aliphatic heterocycles. The van der Waals surface area contributed by atoms with Crippen molar-refractivity contribution >= 4 is 12.2 Å². The van der Waals surface area contributed by atoms with Gasteiger partial charge in [-0.2, -0.15) is 0 Å². The van der Waals surface area contributed by atoms with Crippen molar-refractivity contribution in [3.05, 3.63) is 23.9 Å². The molecule has 1 aromatic heterocycles. The summed E-state index contributed by atoms with van der Waals surface area (Å²) in [4.78, 5) is 14.2. The van der Waals surface area contributed by atoms with E-state index in [0.717, 1.165) is 18.4 Å². The molecule has 0 aliphatic rings. The van der Waals surface area contributed by atoms with Gasteiger partial charge >= 0.3 is 0 Å². The van der Waals surface area contributed by atoms with Gasteiger partial charge in [0.25, 0.3) is 0 Å². The lowest BCUT2D eigenvalue weighted by Crippen LogP contribution is -2.00. The molecule has 1 amide bonds. The zero-order valence-corrected chi connectivity index (χ0v) is 7.08. The third-order valence-corrected chi connectivity index (χ3v) is 1.61. The van der Waals surface area contributed by atoms with Gasteiger partial charge in [-0.3, -0.25) is 4.79 Å². The molecule has 0 bridgehead atoms. The van der Waals surface area contributed by atoms with E-state index in [-0.39, 0.29) is 0 Å². The molecule has 0 aromatic carbocycles. The molecular formula is C9H12N2O. The first-order valence-corrected chi connectivity index (χ1v) is 4.02. The van der Waals surface area contributed by atoms with Crippen molar-refractivity contribution in [2.75, 3.05) is 5.32 Å². The zero-order valence-electron chi connectivity index (χ0n) is 7.08. The standard InChI is InChI=1S/C9H12N2O/c1-2-4-8-5-3-6-10-9(8)11-7-12/h3,5-7H,2,4H2,1H3,(H,10,11,12). The molecular weight excluding hydrogens is 152 g/mol. The summed E-state index contributed by atoms with van der Waals surface area (Å²) in [5.41, 5.74) is 1.09. The molecule has 0 atom stereocenters. The van der Waals surface area contributed by atoms with E-state index in [1.54, 1.807) is 6.20 Å². The second kappa shape index (κ2) is 4.49. The monoisotopic (exact) mass is 164 g/mol. The van der Waals surface area contributed by atoms with Gasteiger partial charge in [-0.15, -0.1) is 0 Å². The summed E-state index contributed by atoms with van der Waals surface area (Å²) in [5, 5.41) is 2.57. The van der Waals surface area contributed by atoms with Crippen LogP contribution >= 0.6 is 0 Å². The molecule has 1 aromatic rings. The van der Waals surface area contributed by atoms with Gasteiger partial charge in [0.15, 0.2) is 0 Å². The summed E-state index contributed by atoms with van der Waals surface area (Å²) in [5.74, 6) is 0.675.